The molecule has 0 atom stereocenters. The number of hydrogen-bond donors (Lipinski definition) is 2. The van der Waals surface area contributed by atoms with E-state index in [4.69, 9.17) is 5.73 Å². The number of anilines is 2. The van der Waals surface area contributed by atoms with E-state index < -0.39 is 0 Å². The van der Waals surface area contributed by atoms with Crippen LogP contribution in [0.4, 0.5) is 11.4 Å². The summed E-state index contributed by atoms with van der Waals surface area (Å²) in [4.78, 5) is 0. The molecule has 0 aromatic heterocycles. The lowest BCUT2D eigenvalue weighted by Gasteiger charge is -1.97. The van der Waals surface area contributed by atoms with Crippen LogP contribution in [0.5, 0.6) is 0 Å². The van der Waals surface area contributed by atoms with Crippen molar-refractivity contribution in [2.24, 2.45) is 0 Å². The molecule has 52 valence electrons. The molecular weight excluding hydrogens is 144 g/mol. The van der Waals surface area contributed by atoms with E-state index >= 15 is 0 Å². The Kier molecular flexibility index (Phi) is 2.23. The second kappa shape index (κ2) is 3.17. The third-order valence-corrected chi connectivity index (χ3v) is 1.25. The second-order valence-corrected chi connectivity index (χ2v) is 2.12. The maximum absolute atomic E-state index is 5.46. The van der Waals surface area contributed by atoms with Crippen molar-refractivity contribution in [2.75, 3.05) is 11.1 Å². The fourth-order valence-corrected chi connectivity index (χ4v) is 0.783. The van der Waals surface area contributed by atoms with Crippen molar-refractivity contribution in [3.05, 3.63) is 24.3 Å². The summed E-state index contributed by atoms with van der Waals surface area (Å²) in [6, 6.07) is 7.39. The van der Waals surface area contributed by atoms with Gasteiger partial charge in [-0.15, -0.1) is 0 Å². The van der Waals surface area contributed by atoms with Crippen LogP contribution in [-0.2, 0) is 0 Å². The lowest BCUT2D eigenvalue weighted by Crippen LogP contribution is -1.91. The number of rotatable bonds is 2. The number of thiocarbonyl (C=S) groups is 1. The third-order valence-electron chi connectivity index (χ3n) is 1.14. The van der Waals surface area contributed by atoms with Crippen LogP contribution in [-0.4, -0.2) is 5.49 Å². The highest BCUT2D eigenvalue weighted by Gasteiger charge is 1.85. The van der Waals surface area contributed by atoms with Crippen molar-refractivity contribution < 1.29 is 0 Å². The van der Waals surface area contributed by atoms with Gasteiger partial charge in [-0.3, -0.25) is 0 Å². The Morgan fingerprint density at radius 2 is 1.90 bits per heavy atom. The molecule has 1 aromatic rings. The molecule has 3 N–H and O–H groups in total. The molecule has 0 fully saturated rings. The minimum atomic E-state index is 0.759. The molecule has 0 saturated heterocycles. The van der Waals surface area contributed by atoms with Crippen molar-refractivity contribution in [1.82, 2.24) is 0 Å². The van der Waals surface area contributed by atoms with E-state index in [9.17, 15) is 0 Å². The van der Waals surface area contributed by atoms with E-state index in [2.05, 4.69) is 17.5 Å². The van der Waals surface area contributed by atoms with Crippen molar-refractivity contribution in [3.63, 3.8) is 0 Å². The number of nitrogens with two attached hydrogens (primary N) is 1. The fourth-order valence-electron chi connectivity index (χ4n) is 0.647. The average Bonchev–Trinajstić information content (AvgIpc) is 1.95. The highest BCUT2D eigenvalue weighted by Crippen LogP contribution is 2.08. The molecular formula is C7H8N2S. The lowest BCUT2D eigenvalue weighted by atomic mass is 10.3. The van der Waals surface area contributed by atoms with Crippen LogP contribution in [0.25, 0.3) is 0 Å². The van der Waals surface area contributed by atoms with Crippen LogP contribution in [0, 0.1) is 0 Å². The van der Waals surface area contributed by atoms with Crippen molar-refractivity contribution >= 4 is 29.1 Å². The number of hydrogen-bond acceptors (Lipinski definition) is 2. The first-order valence-electron chi connectivity index (χ1n) is 2.88. The summed E-state index contributed by atoms with van der Waals surface area (Å²) in [5, 5.41) is 2.87. The van der Waals surface area contributed by atoms with Crippen LogP contribution in [0.15, 0.2) is 24.3 Å². The van der Waals surface area contributed by atoms with Gasteiger partial charge < -0.3 is 11.1 Å². The summed E-state index contributed by atoms with van der Waals surface area (Å²) >= 11 is 4.60. The van der Waals surface area contributed by atoms with E-state index in [0.29, 0.717) is 0 Å². The van der Waals surface area contributed by atoms with Crippen LogP contribution >= 0.6 is 12.2 Å². The Morgan fingerprint density at radius 3 is 2.40 bits per heavy atom. The molecule has 0 heterocycles. The standard InChI is InChI=1S/C7H8N2S/c8-6-1-3-7(4-2-6)9-5-10/h1-5H,8H2,(H,9,10). The molecule has 0 aliphatic carbocycles. The minimum absolute atomic E-state index is 0.759. The third kappa shape index (κ3) is 1.70. The van der Waals surface area contributed by atoms with Crippen molar-refractivity contribution in [3.8, 4) is 0 Å². The normalized spacial score (nSPS) is 8.80. The molecule has 1 rings (SSSR count). The fraction of sp³-hybridized carbons (Fsp3) is 0. The first kappa shape index (κ1) is 7.02. The van der Waals surface area contributed by atoms with E-state index in [1.54, 1.807) is 0 Å². The molecule has 0 aliphatic rings. The zero-order chi connectivity index (χ0) is 7.40. The van der Waals surface area contributed by atoms with Crippen LogP contribution < -0.4 is 11.1 Å². The van der Waals surface area contributed by atoms with Gasteiger partial charge in [0.1, 0.15) is 0 Å². The Bertz CT molecular complexity index is 218. The predicted molar refractivity (Wildman–Crippen MR) is 48.1 cm³/mol. The van der Waals surface area contributed by atoms with Gasteiger partial charge in [-0.1, -0.05) is 12.2 Å². The molecule has 0 saturated carbocycles. The summed E-state index contributed by atoms with van der Waals surface area (Å²) in [5.41, 5.74) is 8.64. The van der Waals surface area contributed by atoms with Gasteiger partial charge in [-0.05, 0) is 24.3 Å². The van der Waals surface area contributed by atoms with E-state index in [1.165, 1.54) is 5.49 Å². The van der Waals surface area contributed by atoms with Gasteiger partial charge in [0.25, 0.3) is 0 Å². The smallest absolute Gasteiger partial charge is 0.0658 e. The largest absolute Gasteiger partial charge is 0.399 e. The Morgan fingerprint density at radius 1 is 1.30 bits per heavy atom. The van der Waals surface area contributed by atoms with E-state index in [1.807, 2.05) is 24.3 Å². The summed E-state index contributed by atoms with van der Waals surface area (Å²) in [7, 11) is 0. The quantitative estimate of drug-likeness (QED) is 0.499. The maximum Gasteiger partial charge on any atom is 0.0658 e. The zero-order valence-electron chi connectivity index (χ0n) is 5.37. The first-order valence-corrected chi connectivity index (χ1v) is 3.36. The van der Waals surface area contributed by atoms with Crippen LogP contribution in [0.1, 0.15) is 0 Å². The molecule has 0 spiro atoms. The van der Waals surface area contributed by atoms with Gasteiger partial charge in [0.05, 0.1) is 5.49 Å². The Labute approximate surface area is 65.0 Å². The van der Waals surface area contributed by atoms with Gasteiger partial charge in [0.15, 0.2) is 0 Å². The lowest BCUT2D eigenvalue weighted by molar-refractivity contribution is 1.65. The average molecular weight is 152 g/mol. The molecule has 3 heteroatoms. The molecule has 2 nitrogen and oxygen atoms in total. The van der Waals surface area contributed by atoms with Crippen LogP contribution in [0.2, 0.25) is 0 Å². The highest BCUT2D eigenvalue weighted by atomic mass is 32.1. The first-order chi connectivity index (χ1) is 4.83. The van der Waals surface area contributed by atoms with Crippen LogP contribution in [0.3, 0.4) is 0 Å². The van der Waals surface area contributed by atoms with Gasteiger partial charge >= 0.3 is 0 Å². The van der Waals surface area contributed by atoms with Gasteiger partial charge in [-0.25, -0.2) is 0 Å². The number of nitrogens with one attached hydrogen (secondary N) is 1. The van der Waals surface area contributed by atoms with Gasteiger partial charge in [0, 0.05) is 11.4 Å². The van der Waals surface area contributed by atoms with E-state index in [-0.39, 0.29) is 0 Å². The SMILES string of the molecule is Nc1ccc(NC=S)cc1. The van der Waals surface area contributed by atoms with Gasteiger partial charge in [-0.2, -0.15) is 0 Å². The molecule has 10 heavy (non-hydrogen) atoms. The molecule has 0 aliphatic heterocycles. The summed E-state index contributed by atoms with van der Waals surface area (Å²) in [5.74, 6) is 0. The summed E-state index contributed by atoms with van der Waals surface area (Å²) < 4.78 is 0. The van der Waals surface area contributed by atoms with Gasteiger partial charge in [0.2, 0.25) is 0 Å². The number of benzene rings is 1. The zero-order valence-corrected chi connectivity index (χ0v) is 6.19. The predicted octanol–water partition coefficient (Wildman–Crippen LogP) is 1.64. The monoisotopic (exact) mass is 152 g/mol. The molecule has 0 radical (unpaired) electrons. The Hall–Kier alpha value is -1.09. The van der Waals surface area contributed by atoms with Crippen molar-refractivity contribution in [2.45, 2.75) is 0 Å². The Balaban J connectivity index is 2.78. The molecule has 0 bridgehead atoms. The number of nitrogen functional groups attached to an aromatic ring is 1. The molecule has 0 amide bonds. The topological polar surface area (TPSA) is 38.0 Å². The second-order valence-electron chi connectivity index (χ2n) is 1.88. The molecule has 1 aromatic carbocycles. The summed E-state index contributed by atoms with van der Waals surface area (Å²) in [6.07, 6.45) is 0. The van der Waals surface area contributed by atoms with E-state index in [0.717, 1.165) is 11.4 Å². The molecule has 0 unspecified atom stereocenters. The maximum atomic E-state index is 5.46. The van der Waals surface area contributed by atoms with Crippen molar-refractivity contribution in [1.29, 1.82) is 0 Å². The highest BCUT2D eigenvalue weighted by molar-refractivity contribution is 7.79. The minimum Gasteiger partial charge on any atom is -0.399 e. The summed E-state index contributed by atoms with van der Waals surface area (Å²) in [6.45, 7) is 0.